The van der Waals surface area contributed by atoms with E-state index >= 15 is 0 Å². The van der Waals surface area contributed by atoms with Crippen molar-refractivity contribution in [3.8, 4) is 0 Å². The molecule has 0 saturated heterocycles. The zero-order chi connectivity index (χ0) is 28.6. The summed E-state index contributed by atoms with van der Waals surface area (Å²) >= 11 is 0. The van der Waals surface area contributed by atoms with E-state index in [4.69, 9.17) is 4.74 Å². The van der Waals surface area contributed by atoms with Crippen LogP contribution in [0, 0.1) is 5.92 Å². The number of nitrogens with zero attached hydrogens (tertiary/aromatic N) is 1. The fraction of sp³-hybridized carbons (Fsp3) is 0.419. The molecule has 5 rings (SSSR count). The van der Waals surface area contributed by atoms with Gasteiger partial charge in [-0.15, -0.1) is 0 Å². The third-order valence-electron chi connectivity index (χ3n) is 7.82. The first-order valence-electron chi connectivity index (χ1n) is 13.8. The number of benzene rings is 2. The third kappa shape index (κ3) is 5.60. The topological polar surface area (TPSA) is 70.7 Å². The van der Waals surface area contributed by atoms with Crippen molar-refractivity contribution in [2.75, 3.05) is 22.6 Å². The summed E-state index contributed by atoms with van der Waals surface area (Å²) in [7, 11) is 1.70. The predicted molar refractivity (Wildman–Crippen MR) is 149 cm³/mol. The van der Waals surface area contributed by atoms with Crippen LogP contribution in [0.2, 0.25) is 0 Å². The van der Waals surface area contributed by atoms with Gasteiger partial charge in [0, 0.05) is 42.4 Å². The molecule has 6 nitrogen and oxygen atoms in total. The van der Waals surface area contributed by atoms with Crippen LogP contribution >= 0.6 is 0 Å². The lowest BCUT2D eigenvalue weighted by atomic mass is 9.76. The van der Waals surface area contributed by atoms with Crippen molar-refractivity contribution in [2.24, 2.45) is 5.92 Å². The summed E-state index contributed by atoms with van der Waals surface area (Å²) in [6, 6.07) is 13.8. The Morgan fingerprint density at radius 3 is 2.50 bits per heavy atom. The number of fused-ring (bicyclic) bond motifs is 1. The molecule has 0 radical (unpaired) electrons. The number of halogens is 3. The molecule has 2 N–H and O–H groups in total. The second-order valence-electron chi connectivity index (χ2n) is 10.9. The first kappa shape index (κ1) is 27.8. The summed E-state index contributed by atoms with van der Waals surface area (Å²) in [5, 5.41) is 6.85. The lowest BCUT2D eigenvalue weighted by Gasteiger charge is -2.36. The van der Waals surface area contributed by atoms with Gasteiger partial charge >= 0.3 is 6.18 Å². The molecule has 40 heavy (non-hydrogen) atoms. The summed E-state index contributed by atoms with van der Waals surface area (Å²) < 4.78 is 48.0. The van der Waals surface area contributed by atoms with Crippen molar-refractivity contribution in [2.45, 2.75) is 70.7 Å². The van der Waals surface area contributed by atoms with Crippen LogP contribution in [0.4, 0.5) is 30.2 Å². The summed E-state index contributed by atoms with van der Waals surface area (Å²) in [5.74, 6) is -0.651. The van der Waals surface area contributed by atoms with Crippen molar-refractivity contribution < 1.29 is 27.5 Å². The Labute approximate surface area is 232 Å². The van der Waals surface area contributed by atoms with Gasteiger partial charge in [-0.3, -0.25) is 9.59 Å². The minimum absolute atomic E-state index is 0.00540. The maximum atomic E-state index is 14.1. The SMILES string of the molecule is CC(C)OC1=C(C(F)(F)F)CC(C2Nc3ccc(N(C)C(=O)c4ccccc4)cc3NC3=C2C(=O)CCC3)CC1. The van der Waals surface area contributed by atoms with Gasteiger partial charge in [0.25, 0.3) is 5.91 Å². The fourth-order valence-electron chi connectivity index (χ4n) is 5.89. The highest BCUT2D eigenvalue weighted by molar-refractivity contribution is 6.06. The zero-order valence-corrected chi connectivity index (χ0v) is 22.9. The van der Waals surface area contributed by atoms with Crippen LogP contribution < -0.4 is 15.5 Å². The van der Waals surface area contributed by atoms with Gasteiger partial charge in [-0.2, -0.15) is 13.2 Å². The van der Waals surface area contributed by atoms with Gasteiger partial charge in [0.15, 0.2) is 5.78 Å². The zero-order valence-electron chi connectivity index (χ0n) is 22.9. The third-order valence-corrected chi connectivity index (χ3v) is 7.82. The Kier molecular flexibility index (Phi) is 7.66. The second-order valence-corrected chi connectivity index (χ2v) is 10.9. The average Bonchev–Trinajstić information content (AvgIpc) is 3.09. The molecule has 1 aliphatic heterocycles. The van der Waals surface area contributed by atoms with Gasteiger partial charge in [-0.25, -0.2) is 0 Å². The smallest absolute Gasteiger partial charge is 0.415 e. The van der Waals surface area contributed by atoms with Crippen LogP contribution in [0.5, 0.6) is 0 Å². The van der Waals surface area contributed by atoms with Crippen LogP contribution in [-0.4, -0.2) is 37.1 Å². The van der Waals surface area contributed by atoms with Crippen molar-refractivity contribution in [1.82, 2.24) is 0 Å². The predicted octanol–water partition coefficient (Wildman–Crippen LogP) is 7.22. The van der Waals surface area contributed by atoms with E-state index in [2.05, 4.69) is 10.6 Å². The highest BCUT2D eigenvalue weighted by Crippen LogP contribution is 2.46. The number of anilines is 3. The average molecular weight is 554 g/mol. The monoisotopic (exact) mass is 553 g/mol. The highest BCUT2D eigenvalue weighted by Gasteiger charge is 2.45. The van der Waals surface area contributed by atoms with Crippen LogP contribution in [0.1, 0.15) is 62.7 Å². The maximum Gasteiger partial charge on any atom is 0.415 e. The molecule has 2 atom stereocenters. The molecule has 1 amide bonds. The molecular formula is C31H34F3N3O3. The van der Waals surface area contributed by atoms with Gasteiger partial charge in [-0.05, 0) is 75.8 Å². The minimum atomic E-state index is -4.51. The van der Waals surface area contributed by atoms with Crippen LogP contribution in [0.25, 0.3) is 0 Å². The number of allylic oxidation sites excluding steroid dienone is 3. The molecule has 212 valence electrons. The molecule has 2 aromatic carbocycles. The van der Waals surface area contributed by atoms with Crippen LogP contribution in [-0.2, 0) is 9.53 Å². The van der Waals surface area contributed by atoms with Gasteiger partial charge in [0.1, 0.15) is 5.76 Å². The molecule has 1 heterocycles. The van der Waals surface area contributed by atoms with E-state index in [1.165, 1.54) is 0 Å². The van der Waals surface area contributed by atoms with Crippen molar-refractivity contribution in [3.05, 3.63) is 76.7 Å². The number of hydrogen-bond donors (Lipinski definition) is 2. The Bertz CT molecular complexity index is 1360. The normalized spacial score (nSPS) is 21.2. The van der Waals surface area contributed by atoms with Crippen LogP contribution in [0.3, 0.4) is 0 Å². The summed E-state index contributed by atoms with van der Waals surface area (Å²) in [5.41, 5.74) is 3.21. The molecule has 0 aromatic heterocycles. The minimum Gasteiger partial charge on any atom is -0.495 e. The van der Waals surface area contributed by atoms with E-state index in [1.54, 1.807) is 56.1 Å². The molecule has 2 unspecified atom stereocenters. The number of Topliss-reactive ketones (excluding diaryl/α,β-unsaturated/α-hetero) is 1. The number of ether oxygens (including phenoxy) is 1. The summed E-state index contributed by atoms with van der Waals surface area (Å²) in [6.45, 7) is 3.44. The molecular weight excluding hydrogens is 519 g/mol. The number of hydrogen-bond acceptors (Lipinski definition) is 5. The van der Waals surface area contributed by atoms with E-state index in [0.717, 1.165) is 5.70 Å². The van der Waals surface area contributed by atoms with Crippen molar-refractivity contribution >= 4 is 28.8 Å². The highest BCUT2D eigenvalue weighted by atomic mass is 19.4. The number of alkyl halides is 3. The molecule has 9 heteroatoms. The van der Waals surface area contributed by atoms with E-state index in [9.17, 15) is 22.8 Å². The molecule has 2 aliphatic carbocycles. The largest absolute Gasteiger partial charge is 0.495 e. The fourth-order valence-corrected chi connectivity index (χ4v) is 5.89. The summed E-state index contributed by atoms with van der Waals surface area (Å²) in [6.07, 6.45) is -2.81. The van der Waals surface area contributed by atoms with Gasteiger partial charge in [0.05, 0.1) is 29.1 Å². The molecule has 0 bridgehead atoms. The number of carbonyl (C=O) groups excluding carboxylic acids is 2. The van der Waals surface area contributed by atoms with E-state index in [1.807, 2.05) is 18.2 Å². The number of amides is 1. The summed E-state index contributed by atoms with van der Waals surface area (Å²) in [4.78, 5) is 27.8. The molecule has 0 saturated carbocycles. The number of rotatable bonds is 5. The van der Waals surface area contributed by atoms with Crippen molar-refractivity contribution in [1.29, 1.82) is 0 Å². The van der Waals surface area contributed by atoms with Crippen LogP contribution in [0.15, 0.2) is 71.1 Å². The first-order valence-corrected chi connectivity index (χ1v) is 13.8. The quantitative estimate of drug-likeness (QED) is 0.409. The number of nitrogens with one attached hydrogen (secondary N) is 2. The van der Waals surface area contributed by atoms with E-state index < -0.39 is 23.7 Å². The molecule has 3 aliphatic rings. The van der Waals surface area contributed by atoms with Gasteiger partial charge in [-0.1, -0.05) is 18.2 Å². The second kappa shape index (κ2) is 11.0. The molecule has 0 spiro atoms. The van der Waals surface area contributed by atoms with Gasteiger partial charge in [0.2, 0.25) is 0 Å². The number of ketones is 1. The Balaban J connectivity index is 1.49. The lowest BCUT2D eigenvalue weighted by molar-refractivity contribution is -0.116. The number of carbonyl (C=O) groups is 2. The maximum absolute atomic E-state index is 14.1. The molecule has 0 fully saturated rings. The Hall–Kier alpha value is -3.75. The Morgan fingerprint density at radius 2 is 1.80 bits per heavy atom. The first-order chi connectivity index (χ1) is 19.0. The molecule has 2 aromatic rings. The van der Waals surface area contributed by atoms with Gasteiger partial charge < -0.3 is 20.3 Å². The van der Waals surface area contributed by atoms with Crippen molar-refractivity contribution in [3.63, 3.8) is 0 Å². The van der Waals surface area contributed by atoms with E-state index in [0.29, 0.717) is 53.9 Å². The Morgan fingerprint density at radius 1 is 1.05 bits per heavy atom. The van der Waals surface area contributed by atoms with E-state index in [-0.39, 0.29) is 36.4 Å². The lowest BCUT2D eigenvalue weighted by Crippen LogP contribution is -2.39. The standard InChI is InChI=1S/C31H34F3N3O3/c1-18(2)40-27-15-12-20(16-22(27)31(32,33)34)29-28-24(10-7-11-26(28)38)35-25-17-21(13-14-23(25)36-29)37(3)30(39)19-8-5-4-6-9-19/h4-6,8-9,13-14,17-18,20,29,35-36H,7,10-12,15-16H2,1-3H3.